The normalized spacial score (nSPS) is 14.9. The van der Waals surface area contributed by atoms with E-state index in [2.05, 4.69) is 15.3 Å². The summed E-state index contributed by atoms with van der Waals surface area (Å²) in [6.45, 7) is 2.77. The smallest absolute Gasteiger partial charge is 0.323 e. The number of nitrogens with one attached hydrogen (secondary N) is 3. The Balaban J connectivity index is 1.54. The van der Waals surface area contributed by atoms with Crippen LogP contribution >= 0.6 is 0 Å². The van der Waals surface area contributed by atoms with E-state index in [4.69, 9.17) is 0 Å². The van der Waals surface area contributed by atoms with Crippen LogP contribution in [0.3, 0.4) is 0 Å². The van der Waals surface area contributed by atoms with Crippen LogP contribution in [0.15, 0.2) is 41.2 Å². The minimum Gasteiger partial charge on any atom is -0.507 e. The Hall–Kier alpha value is -3.55. The Morgan fingerprint density at radius 3 is 2.41 bits per heavy atom. The van der Waals surface area contributed by atoms with Crippen LogP contribution in [0.4, 0.5) is 0 Å². The maximum Gasteiger partial charge on any atom is 0.323 e. The van der Waals surface area contributed by atoms with Gasteiger partial charge in [-0.05, 0) is 48.2 Å². The predicted octanol–water partition coefficient (Wildman–Crippen LogP) is 1.97. The lowest BCUT2D eigenvalue weighted by molar-refractivity contribution is -0.129. The average Bonchev–Trinajstić information content (AvgIpc) is 3.07. The number of imidazole rings is 1. The summed E-state index contributed by atoms with van der Waals surface area (Å²) in [5.74, 6) is -0.397. The molecule has 2 heterocycles. The summed E-state index contributed by atoms with van der Waals surface area (Å²) in [5.41, 5.74) is 2.86. The average molecular weight is 394 g/mol. The first-order chi connectivity index (χ1) is 13.9. The minimum absolute atomic E-state index is 0.0394. The van der Waals surface area contributed by atoms with Gasteiger partial charge in [0.1, 0.15) is 5.75 Å². The predicted molar refractivity (Wildman–Crippen MR) is 109 cm³/mol. The number of fused-ring (bicyclic) bond motifs is 1. The van der Waals surface area contributed by atoms with Gasteiger partial charge in [-0.2, -0.15) is 0 Å². The second-order valence-electron chi connectivity index (χ2n) is 7.33. The van der Waals surface area contributed by atoms with Crippen molar-refractivity contribution in [2.75, 3.05) is 13.1 Å². The molecule has 4 rings (SSSR count). The van der Waals surface area contributed by atoms with Gasteiger partial charge in [0.05, 0.1) is 16.6 Å². The zero-order chi connectivity index (χ0) is 20.5. The Morgan fingerprint density at radius 2 is 1.69 bits per heavy atom. The maximum atomic E-state index is 12.7. The molecule has 0 spiro atoms. The summed E-state index contributed by atoms with van der Waals surface area (Å²) in [4.78, 5) is 42.8. The Labute approximate surface area is 166 Å². The highest BCUT2D eigenvalue weighted by Gasteiger charge is 2.23. The van der Waals surface area contributed by atoms with Crippen molar-refractivity contribution in [3.8, 4) is 16.9 Å². The molecule has 1 saturated heterocycles. The summed E-state index contributed by atoms with van der Waals surface area (Å²) in [5, 5.41) is 13.2. The second-order valence-corrected chi connectivity index (χ2v) is 7.33. The van der Waals surface area contributed by atoms with Gasteiger partial charge in [0, 0.05) is 26.1 Å². The lowest BCUT2D eigenvalue weighted by Gasteiger charge is -2.31. The highest BCUT2D eigenvalue weighted by molar-refractivity contribution is 5.98. The van der Waals surface area contributed by atoms with E-state index in [-0.39, 0.29) is 34.9 Å². The van der Waals surface area contributed by atoms with Crippen molar-refractivity contribution in [1.82, 2.24) is 20.2 Å². The van der Waals surface area contributed by atoms with Crippen LogP contribution in [0, 0.1) is 0 Å². The summed E-state index contributed by atoms with van der Waals surface area (Å²) in [6.07, 6.45) is 1.37. The molecule has 8 nitrogen and oxygen atoms in total. The molecule has 0 atom stereocenters. The number of hydrogen-bond acceptors (Lipinski definition) is 4. The lowest BCUT2D eigenvalue weighted by Crippen LogP contribution is -2.46. The molecule has 0 radical (unpaired) electrons. The molecule has 0 unspecified atom stereocenters. The van der Waals surface area contributed by atoms with Crippen molar-refractivity contribution >= 4 is 22.8 Å². The monoisotopic (exact) mass is 394 g/mol. The van der Waals surface area contributed by atoms with Gasteiger partial charge in [0.25, 0.3) is 5.91 Å². The van der Waals surface area contributed by atoms with E-state index in [0.29, 0.717) is 37.0 Å². The number of benzene rings is 2. The topological polar surface area (TPSA) is 118 Å². The van der Waals surface area contributed by atoms with E-state index < -0.39 is 0 Å². The molecule has 3 aromatic rings. The van der Waals surface area contributed by atoms with E-state index >= 15 is 0 Å². The number of carbonyl (C=O) groups is 2. The highest BCUT2D eigenvalue weighted by Crippen LogP contribution is 2.28. The molecule has 150 valence electrons. The van der Waals surface area contributed by atoms with Crippen molar-refractivity contribution in [2.24, 2.45) is 0 Å². The van der Waals surface area contributed by atoms with Gasteiger partial charge in [-0.1, -0.05) is 12.1 Å². The number of hydrogen-bond donors (Lipinski definition) is 4. The summed E-state index contributed by atoms with van der Waals surface area (Å²) in [6, 6.07) is 10.3. The van der Waals surface area contributed by atoms with Gasteiger partial charge in [0.2, 0.25) is 5.91 Å². The molecule has 1 aromatic heterocycles. The van der Waals surface area contributed by atoms with Crippen LogP contribution in [0.1, 0.15) is 30.1 Å². The van der Waals surface area contributed by atoms with Gasteiger partial charge in [-0.25, -0.2) is 4.79 Å². The fourth-order valence-electron chi connectivity index (χ4n) is 3.71. The number of aromatic amines is 2. The van der Waals surface area contributed by atoms with Crippen molar-refractivity contribution in [3.63, 3.8) is 0 Å². The summed E-state index contributed by atoms with van der Waals surface area (Å²) < 4.78 is 0. The summed E-state index contributed by atoms with van der Waals surface area (Å²) >= 11 is 0. The van der Waals surface area contributed by atoms with Crippen LogP contribution in [-0.2, 0) is 4.79 Å². The van der Waals surface area contributed by atoms with Crippen molar-refractivity contribution in [1.29, 1.82) is 0 Å². The zero-order valence-electron chi connectivity index (χ0n) is 16.0. The quantitative estimate of drug-likeness (QED) is 0.543. The van der Waals surface area contributed by atoms with Gasteiger partial charge in [0.15, 0.2) is 0 Å². The van der Waals surface area contributed by atoms with E-state index in [1.165, 1.54) is 6.07 Å². The molecule has 2 aromatic carbocycles. The first-order valence-electron chi connectivity index (χ1n) is 9.52. The summed E-state index contributed by atoms with van der Waals surface area (Å²) in [7, 11) is 0. The molecule has 1 fully saturated rings. The molecule has 0 aliphatic carbocycles. The van der Waals surface area contributed by atoms with Crippen LogP contribution in [-0.4, -0.2) is 50.9 Å². The van der Waals surface area contributed by atoms with Crippen molar-refractivity contribution in [2.45, 2.75) is 25.8 Å². The molecule has 29 heavy (non-hydrogen) atoms. The fraction of sp³-hybridized carbons (Fsp3) is 0.286. The molecule has 4 N–H and O–H groups in total. The third kappa shape index (κ3) is 3.87. The molecule has 1 aliphatic rings. The number of likely N-dealkylation sites (tertiary alicyclic amines) is 1. The zero-order valence-corrected chi connectivity index (χ0v) is 16.0. The molecule has 1 aliphatic heterocycles. The van der Waals surface area contributed by atoms with E-state index in [1.807, 2.05) is 12.1 Å². The Kier molecular flexibility index (Phi) is 4.84. The molecule has 2 amide bonds. The lowest BCUT2D eigenvalue weighted by atomic mass is 10.0. The molecule has 0 bridgehead atoms. The maximum absolute atomic E-state index is 12.7. The number of piperidine rings is 1. The number of carbonyl (C=O) groups excluding carboxylic acids is 2. The SMILES string of the molecule is CC(=O)N1CCC(NC(=O)c2cc(-c3ccc4[nH]c(=O)[nH]c4c3)ccc2O)CC1. The third-order valence-corrected chi connectivity index (χ3v) is 5.37. The Bertz CT molecular complexity index is 1140. The minimum atomic E-state index is -0.346. The fourth-order valence-corrected chi connectivity index (χ4v) is 3.71. The van der Waals surface area contributed by atoms with E-state index in [9.17, 15) is 19.5 Å². The number of phenols is 1. The van der Waals surface area contributed by atoms with E-state index in [0.717, 1.165) is 11.1 Å². The first kappa shape index (κ1) is 18.8. The number of aromatic nitrogens is 2. The van der Waals surface area contributed by atoms with Gasteiger partial charge in [-0.15, -0.1) is 0 Å². The first-order valence-corrected chi connectivity index (χ1v) is 9.52. The number of aromatic hydroxyl groups is 1. The van der Waals surface area contributed by atoms with Crippen molar-refractivity contribution < 1.29 is 14.7 Å². The highest BCUT2D eigenvalue weighted by atomic mass is 16.3. The van der Waals surface area contributed by atoms with Crippen LogP contribution in [0.5, 0.6) is 5.75 Å². The van der Waals surface area contributed by atoms with E-state index in [1.54, 1.807) is 30.0 Å². The van der Waals surface area contributed by atoms with Crippen LogP contribution < -0.4 is 11.0 Å². The number of nitrogens with zero attached hydrogens (tertiary/aromatic N) is 1. The molecule has 8 heteroatoms. The second kappa shape index (κ2) is 7.46. The molecular weight excluding hydrogens is 372 g/mol. The van der Waals surface area contributed by atoms with Crippen LogP contribution in [0.2, 0.25) is 0 Å². The van der Waals surface area contributed by atoms with Gasteiger partial charge >= 0.3 is 5.69 Å². The van der Waals surface area contributed by atoms with Crippen LogP contribution in [0.25, 0.3) is 22.2 Å². The molecule has 0 saturated carbocycles. The number of phenolic OH excluding ortho intramolecular Hbond substituents is 1. The van der Waals surface area contributed by atoms with Gasteiger partial charge in [-0.3, -0.25) is 9.59 Å². The largest absolute Gasteiger partial charge is 0.507 e. The number of rotatable bonds is 3. The Morgan fingerprint density at radius 1 is 1.03 bits per heavy atom. The number of amides is 2. The molecular formula is C21H22N4O4. The van der Waals surface area contributed by atoms with Crippen molar-refractivity contribution in [3.05, 3.63) is 52.4 Å². The standard InChI is InChI=1S/C21H22N4O4/c1-12(26)25-8-6-15(7-9-25)22-20(28)16-10-13(3-5-19(16)27)14-2-4-17-18(11-14)24-21(29)23-17/h2-5,10-11,15,27H,6-9H2,1H3,(H,22,28)(H2,23,24,29). The number of H-pyrrole nitrogens is 2. The van der Waals surface area contributed by atoms with Gasteiger partial charge < -0.3 is 25.3 Å². The third-order valence-electron chi connectivity index (χ3n) is 5.37.